The lowest BCUT2D eigenvalue weighted by Crippen LogP contribution is -2.36. The van der Waals surface area contributed by atoms with Crippen LogP contribution in [0.25, 0.3) is 0 Å². The number of hydrogen-bond acceptors (Lipinski definition) is 5. The summed E-state index contributed by atoms with van der Waals surface area (Å²) in [7, 11) is -4.04. The summed E-state index contributed by atoms with van der Waals surface area (Å²) < 4.78 is 33.3. The van der Waals surface area contributed by atoms with E-state index in [1.807, 2.05) is 24.3 Å². The third-order valence-electron chi connectivity index (χ3n) is 4.91. The first-order chi connectivity index (χ1) is 14.7. The third-order valence-corrected chi connectivity index (χ3v) is 6.83. The molecule has 0 radical (unpaired) electrons. The smallest absolute Gasteiger partial charge is 0.246 e. The number of sulfonamides is 1. The second-order valence-corrected chi connectivity index (χ2v) is 9.42. The highest BCUT2D eigenvalue weighted by atomic mass is 32.2. The number of hydrogen-bond donors (Lipinski definition) is 3. The van der Waals surface area contributed by atoms with E-state index >= 15 is 0 Å². The molecule has 0 saturated carbocycles. The van der Waals surface area contributed by atoms with Crippen molar-refractivity contribution in [3.63, 3.8) is 0 Å². The largest absolute Gasteiger partial charge is 0.507 e. The van der Waals surface area contributed by atoms with E-state index < -0.39 is 10.0 Å². The summed E-state index contributed by atoms with van der Waals surface area (Å²) in [6.07, 6.45) is 2.10. The van der Waals surface area contributed by atoms with Gasteiger partial charge in [0, 0.05) is 18.7 Å². The van der Waals surface area contributed by atoms with Crippen molar-refractivity contribution in [3.05, 3.63) is 71.8 Å². The van der Waals surface area contributed by atoms with Crippen LogP contribution >= 0.6 is 0 Å². The van der Waals surface area contributed by atoms with Gasteiger partial charge >= 0.3 is 0 Å². The van der Waals surface area contributed by atoms with Crippen LogP contribution < -0.4 is 5.73 Å². The summed E-state index contributed by atoms with van der Waals surface area (Å²) in [6.45, 7) is 8.65. The molecule has 0 bridgehead atoms. The van der Waals surface area contributed by atoms with Crippen molar-refractivity contribution in [2.24, 2.45) is 5.73 Å². The van der Waals surface area contributed by atoms with E-state index in [-0.39, 0.29) is 41.7 Å². The molecule has 0 amide bonds. The van der Waals surface area contributed by atoms with Crippen molar-refractivity contribution < 1.29 is 18.3 Å². The predicted molar refractivity (Wildman–Crippen MR) is 123 cm³/mol. The molecule has 0 atom stereocenters. The Bertz CT molecular complexity index is 1000. The van der Waals surface area contributed by atoms with Gasteiger partial charge in [-0.2, -0.15) is 4.31 Å². The molecule has 0 fully saturated rings. The molecule has 0 aromatic heterocycles. The maximum absolute atomic E-state index is 13.3. The SMILES string of the molecule is C=CCOCCN(CCc1ccc(C(C)C)cc1)S(=O)(=O)c1cc(C(=N)N)ccc1O. The van der Waals surface area contributed by atoms with Crippen molar-refractivity contribution in [1.29, 1.82) is 5.41 Å². The highest BCUT2D eigenvalue weighted by Gasteiger charge is 2.27. The molecule has 4 N–H and O–H groups in total. The summed E-state index contributed by atoms with van der Waals surface area (Å²) in [6, 6.07) is 12.0. The number of ether oxygens (including phenoxy) is 1. The molecular weight excluding hydrogens is 414 g/mol. The number of phenolic OH excluding ortho intramolecular Hbond substituents is 1. The van der Waals surface area contributed by atoms with Crippen LogP contribution in [0.3, 0.4) is 0 Å². The van der Waals surface area contributed by atoms with Gasteiger partial charge < -0.3 is 15.6 Å². The normalized spacial score (nSPS) is 11.7. The summed E-state index contributed by atoms with van der Waals surface area (Å²) in [5.74, 6) is -0.240. The standard InChI is InChI=1S/C23H31N3O4S/c1-4-14-30-15-13-26(12-11-18-5-7-19(8-6-18)17(2)3)31(28,29)22-16-20(23(24)25)9-10-21(22)27/h4-10,16-17,27H,1,11-15H2,2-3H3,(H3,24,25). The van der Waals surface area contributed by atoms with Crippen molar-refractivity contribution in [3.8, 4) is 5.75 Å². The van der Waals surface area contributed by atoms with Crippen LogP contribution in [0, 0.1) is 5.41 Å². The molecule has 2 aromatic carbocycles. The molecule has 0 aliphatic carbocycles. The van der Waals surface area contributed by atoms with Crippen molar-refractivity contribution in [1.82, 2.24) is 4.31 Å². The highest BCUT2D eigenvalue weighted by Crippen LogP contribution is 2.27. The number of benzene rings is 2. The van der Waals surface area contributed by atoms with Crippen LogP contribution in [-0.2, 0) is 21.2 Å². The maximum Gasteiger partial charge on any atom is 0.246 e. The van der Waals surface area contributed by atoms with Gasteiger partial charge in [-0.1, -0.05) is 44.2 Å². The fourth-order valence-electron chi connectivity index (χ4n) is 3.04. The first kappa shape index (κ1) is 24.6. The van der Waals surface area contributed by atoms with Gasteiger partial charge in [0.25, 0.3) is 0 Å². The Hall–Kier alpha value is -2.68. The van der Waals surface area contributed by atoms with Crippen molar-refractivity contribution >= 4 is 15.9 Å². The molecule has 0 saturated heterocycles. The Morgan fingerprint density at radius 1 is 1.23 bits per heavy atom. The van der Waals surface area contributed by atoms with Gasteiger partial charge in [0.2, 0.25) is 10.0 Å². The molecule has 0 spiro atoms. The minimum Gasteiger partial charge on any atom is -0.507 e. The lowest BCUT2D eigenvalue weighted by molar-refractivity contribution is 0.148. The Morgan fingerprint density at radius 2 is 1.90 bits per heavy atom. The molecule has 31 heavy (non-hydrogen) atoms. The lowest BCUT2D eigenvalue weighted by atomic mass is 10.0. The molecule has 8 heteroatoms. The van der Waals surface area contributed by atoms with E-state index in [4.69, 9.17) is 15.9 Å². The molecule has 0 unspecified atom stereocenters. The van der Waals surface area contributed by atoms with E-state index in [1.54, 1.807) is 6.08 Å². The lowest BCUT2D eigenvalue weighted by Gasteiger charge is -2.23. The van der Waals surface area contributed by atoms with Gasteiger partial charge in [0.05, 0.1) is 13.2 Å². The Labute approximate surface area is 184 Å². The summed E-state index contributed by atoms with van der Waals surface area (Å²) in [4.78, 5) is -0.279. The minimum atomic E-state index is -4.04. The van der Waals surface area contributed by atoms with E-state index in [9.17, 15) is 13.5 Å². The monoisotopic (exact) mass is 445 g/mol. The van der Waals surface area contributed by atoms with E-state index in [0.29, 0.717) is 18.9 Å². The topological polar surface area (TPSA) is 117 Å². The van der Waals surface area contributed by atoms with Gasteiger partial charge in [-0.3, -0.25) is 5.41 Å². The van der Waals surface area contributed by atoms with Crippen LogP contribution in [0.5, 0.6) is 5.75 Å². The fourth-order valence-corrected chi connectivity index (χ4v) is 4.57. The van der Waals surface area contributed by atoms with Crippen LogP contribution in [0.1, 0.15) is 36.5 Å². The first-order valence-corrected chi connectivity index (χ1v) is 11.6. The Kier molecular flexibility index (Phi) is 8.79. The number of amidine groups is 1. The number of aromatic hydroxyl groups is 1. The second kappa shape index (κ2) is 11.1. The molecule has 168 valence electrons. The van der Waals surface area contributed by atoms with E-state index in [0.717, 1.165) is 5.56 Å². The minimum absolute atomic E-state index is 0.115. The number of nitrogens with one attached hydrogen (secondary N) is 1. The van der Waals surface area contributed by atoms with E-state index in [2.05, 4.69) is 20.4 Å². The maximum atomic E-state index is 13.3. The zero-order valence-electron chi connectivity index (χ0n) is 18.0. The van der Waals surface area contributed by atoms with Crippen LogP contribution in [0.15, 0.2) is 60.0 Å². The molecule has 7 nitrogen and oxygen atoms in total. The molecule has 0 aliphatic rings. The number of rotatable bonds is 12. The Balaban J connectivity index is 2.28. The average Bonchev–Trinajstić information content (AvgIpc) is 2.73. The van der Waals surface area contributed by atoms with Gasteiger partial charge in [-0.15, -0.1) is 6.58 Å². The fraction of sp³-hybridized carbons (Fsp3) is 0.348. The summed E-state index contributed by atoms with van der Waals surface area (Å²) >= 11 is 0. The Morgan fingerprint density at radius 3 is 2.48 bits per heavy atom. The number of phenols is 1. The van der Waals surface area contributed by atoms with Crippen molar-refractivity contribution in [2.75, 3.05) is 26.3 Å². The molecular formula is C23H31N3O4S. The predicted octanol–water partition coefficient (Wildman–Crippen LogP) is 3.24. The molecule has 0 aliphatic heterocycles. The van der Waals surface area contributed by atoms with Gasteiger partial charge in [0.15, 0.2) is 0 Å². The van der Waals surface area contributed by atoms with Crippen molar-refractivity contribution in [2.45, 2.75) is 31.1 Å². The molecule has 2 aromatic rings. The summed E-state index contributed by atoms with van der Waals surface area (Å²) in [5.41, 5.74) is 7.95. The van der Waals surface area contributed by atoms with Crippen LogP contribution in [-0.4, -0.2) is 50.0 Å². The van der Waals surface area contributed by atoms with Gasteiger partial charge in [-0.25, -0.2) is 8.42 Å². The summed E-state index contributed by atoms with van der Waals surface area (Å²) in [5, 5.41) is 17.8. The second-order valence-electron chi connectivity index (χ2n) is 7.51. The molecule has 2 rings (SSSR count). The number of nitrogens with zero attached hydrogens (tertiary/aromatic N) is 1. The zero-order chi connectivity index (χ0) is 23.0. The molecule has 0 heterocycles. The highest BCUT2D eigenvalue weighted by molar-refractivity contribution is 7.89. The quantitative estimate of drug-likeness (QED) is 0.201. The number of nitrogens with two attached hydrogens (primary N) is 1. The van der Waals surface area contributed by atoms with E-state index in [1.165, 1.54) is 28.1 Å². The number of nitrogen functional groups attached to an aromatic ring is 1. The van der Waals surface area contributed by atoms with Gasteiger partial charge in [0.1, 0.15) is 16.5 Å². The average molecular weight is 446 g/mol. The first-order valence-electron chi connectivity index (χ1n) is 10.1. The van der Waals surface area contributed by atoms with Crippen LogP contribution in [0.4, 0.5) is 0 Å². The van der Waals surface area contributed by atoms with Crippen LogP contribution in [0.2, 0.25) is 0 Å². The third kappa shape index (κ3) is 6.65. The zero-order valence-corrected chi connectivity index (χ0v) is 18.9. The van der Waals surface area contributed by atoms with Gasteiger partial charge in [-0.05, 0) is 41.7 Å².